The predicted molar refractivity (Wildman–Crippen MR) is 85.0 cm³/mol. The summed E-state index contributed by atoms with van der Waals surface area (Å²) in [6.07, 6.45) is 9.50. The van der Waals surface area contributed by atoms with E-state index in [2.05, 4.69) is 34.5 Å². The van der Waals surface area contributed by atoms with E-state index < -0.39 is 0 Å². The lowest BCUT2D eigenvalue weighted by Crippen LogP contribution is -2.31. The normalized spacial score (nSPS) is 24.1. The highest BCUT2D eigenvalue weighted by Gasteiger charge is 2.19. The summed E-state index contributed by atoms with van der Waals surface area (Å²) in [6.45, 7) is 5.09. The Bertz CT molecular complexity index is 408. The number of benzene rings is 1. The molecule has 110 valence electrons. The third-order valence-corrected chi connectivity index (χ3v) is 4.88. The highest BCUT2D eigenvalue weighted by atomic mass is 15.1. The van der Waals surface area contributed by atoms with Gasteiger partial charge in [0.15, 0.2) is 0 Å². The molecule has 0 bridgehead atoms. The second kappa shape index (κ2) is 7.24. The molecule has 0 saturated carbocycles. The molecule has 2 heteroatoms. The van der Waals surface area contributed by atoms with Crippen molar-refractivity contribution < 1.29 is 0 Å². The van der Waals surface area contributed by atoms with Gasteiger partial charge in [-0.25, -0.2) is 0 Å². The molecule has 0 radical (unpaired) electrons. The fourth-order valence-corrected chi connectivity index (χ4v) is 3.73. The number of rotatable bonds is 4. The number of fused-ring (bicyclic) bond motifs is 1. The average molecular weight is 272 g/mol. The first kappa shape index (κ1) is 14.1. The van der Waals surface area contributed by atoms with Gasteiger partial charge in [0.2, 0.25) is 0 Å². The van der Waals surface area contributed by atoms with Crippen LogP contribution in [-0.2, 0) is 6.42 Å². The molecule has 3 rings (SSSR count). The van der Waals surface area contributed by atoms with Crippen molar-refractivity contribution in [1.29, 1.82) is 0 Å². The minimum Gasteiger partial charge on any atom is -0.310 e. The van der Waals surface area contributed by atoms with Crippen LogP contribution in [0.15, 0.2) is 24.3 Å². The van der Waals surface area contributed by atoms with Crippen LogP contribution in [0, 0.1) is 0 Å². The molecule has 0 aliphatic carbocycles. The van der Waals surface area contributed by atoms with E-state index in [-0.39, 0.29) is 0 Å². The van der Waals surface area contributed by atoms with Gasteiger partial charge in [0.25, 0.3) is 0 Å². The Hall–Kier alpha value is -0.860. The van der Waals surface area contributed by atoms with Crippen LogP contribution in [0.4, 0.5) is 0 Å². The Morgan fingerprint density at radius 2 is 1.85 bits per heavy atom. The summed E-state index contributed by atoms with van der Waals surface area (Å²) in [6, 6.07) is 9.58. The van der Waals surface area contributed by atoms with E-state index in [0.29, 0.717) is 6.04 Å². The van der Waals surface area contributed by atoms with Crippen molar-refractivity contribution in [2.45, 2.75) is 51.0 Å². The van der Waals surface area contributed by atoms with Gasteiger partial charge >= 0.3 is 0 Å². The van der Waals surface area contributed by atoms with Crippen molar-refractivity contribution in [3.05, 3.63) is 35.4 Å². The van der Waals surface area contributed by atoms with E-state index in [1.165, 1.54) is 64.6 Å². The highest BCUT2D eigenvalue weighted by molar-refractivity contribution is 5.32. The molecule has 0 amide bonds. The van der Waals surface area contributed by atoms with E-state index in [4.69, 9.17) is 0 Å². The first-order chi connectivity index (χ1) is 9.93. The molecule has 1 N–H and O–H groups in total. The Balaban J connectivity index is 1.49. The van der Waals surface area contributed by atoms with E-state index in [1.807, 2.05) is 0 Å². The fraction of sp³-hybridized carbons (Fsp3) is 0.667. The summed E-state index contributed by atoms with van der Waals surface area (Å²) in [5.74, 6) is 0. The van der Waals surface area contributed by atoms with Crippen LogP contribution in [0.25, 0.3) is 0 Å². The van der Waals surface area contributed by atoms with Gasteiger partial charge in [-0.2, -0.15) is 0 Å². The van der Waals surface area contributed by atoms with E-state index in [0.717, 1.165) is 6.54 Å². The molecule has 1 atom stereocenters. The Morgan fingerprint density at radius 1 is 1.05 bits per heavy atom. The van der Waals surface area contributed by atoms with Crippen molar-refractivity contribution in [2.75, 3.05) is 26.2 Å². The summed E-state index contributed by atoms with van der Waals surface area (Å²) in [7, 11) is 0. The van der Waals surface area contributed by atoms with Crippen LogP contribution in [0.1, 0.15) is 55.7 Å². The second-order valence-electron chi connectivity index (χ2n) is 6.35. The van der Waals surface area contributed by atoms with Crippen molar-refractivity contribution in [1.82, 2.24) is 10.2 Å². The van der Waals surface area contributed by atoms with Gasteiger partial charge in [-0.05, 0) is 69.4 Å². The van der Waals surface area contributed by atoms with Crippen LogP contribution in [0.3, 0.4) is 0 Å². The maximum Gasteiger partial charge on any atom is 0.0323 e. The molecule has 2 aliphatic rings. The smallest absolute Gasteiger partial charge is 0.0323 e. The van der Waals surface area contributed by atoms with Gasteiger partial charge < -0.3 is 10.2 Å². The lowest BCUT2D eigenvalue weighted by Gasteiger charge is -2.28. The van der Waals surface area contributed by atoms with E-state index >= 15 is 0 Å². The third kappa shape index (κ3) is 3.62. The quantitative estimate of drug-likeness (QED) is 0.902. The first-order valence-electron chi connectivity index (χ1n) is 8.47. The summed E-state index contributed by atoms with van der Waals surface area (Å²) in [5, 5.41) is 3.71. The topological polar surface area (TPSA) is 15.3 Å². The van der Waals surface area contributed by atoms with Crippen LogP contribution < -0.4 is 5.32 Å². The number of nitrogens with zero attached hydrogens (tertiary/aromatic N) is 1. The molecular formula is C18H28N2. The molecule has 2 heterocycles. The number of hydrogen-bond acceptors (Lipinski definition) is 2. The minimum atomic E-state index is 0.590. The van der Waals surface area contributed by atoms with Crippen LogP contribution in [-0.4, -0.2) is 31.1 Å². The molecule has 0 spiro atoms. The molecule has 1 aromatic carbocycles. The largest absolute Gasteiger partial charge is 0.310 e. The molecule has 2 nitrogen and oxygen atoms in total. The van der Waals surface area contributed by atoms with E-state index in [9.17, 15) is 0 Å². The lowest BCUT2D eigenvalue weighted by molar-refractivity contribution is 0.272. The number of nitrogens with one attached hydrogen (secondary N) is 1. The lowest BCUT2D eigenvalue weighted by atomic mass is 9.92. The maximum atomic E-state index is 3.71. The fourth-order valence-electron chi connectivity index (χ4n) is 3.73. The van der Waals surface area contributed by atoms with Gasteiger partial charge in [-0.15, -0.1) is 0 Å². The highest BCUT2D eigenvalue weighted by Crippen LogP contribution is 2.26. The Labute approximate surface area is 123 Å². The van der Waals surface area contributed by atoms with Crippen molar-refractivity contribution in [3.8, 4) is 0 Å². The van der Waals surface area contributed by atoms with Crippen molar-refractivity contribution in [3.63, 3.8) is 0 Å². The van der Waals surface area contributed by atoms with Gasteiger partial charge in [-0.3, -0.25) is 0 Å². The first-order valence-corrected chi connectivity index (χ1v) is 8.47. The monoisotopic (exact) mass is 272 g/mol. The summed E-state index contributed by atoms with van der Waals surface area (Å²) in [4.78, 5) is 2.68. The zero-order chi connectivity index (χ0) is 13.6. The predicted octanol–water partition coefficient (Wildman–Crippen LogP) is 3.53. The average Bonchev–Trinajstić information content (AvgIpc) is 2.76. The minimum absolute atomic E-state index is 0.590. The molecular weight excluding hydrogens is 244 g/mol. The molecule has 1 fully saturated rings. The second-order valence-corrected chi connectivity index (χ2v) is 6.35. The van der Waals surface area contributed by atoms with Gasteiger partial charge in [0, 0.05) is 6.04 Å². The van der Waals surface area contributed by atoms with Crippen molar-refractivity contribution in [2.24, 2.45) is 0 Å². The molecule has 2 aliphatic heterocycles. The number of hydrogen-bond donors (Lipinski definition) is 1. The SMILES string of the molecule is c1ccc2c(c1)CCNC2CCCN1CCCCCC1. The molecule has 1 aromatic rings. The molecule has 20 heavy (non-hydrogen) atoms. The van der Waals surface area contributed by atoms with Gasteiger partial charge in [0.05, 0.1) is 0 Å². The van der Waals surface area contributed by atoms with Gasteiger partial charge in [-0.1, -0.05) is 37.1 Å². The zero-order valence-corrected chi connectivity index (χ0v) is 12.6. The Kier molecular flexibility index (Phi) is 5.10. The van der Waals surface area contributed by atoms with E-state index in [1.54, 1.807) is 11.1 Å². The van der Waals surface area contributed by atoms with Gasteiger partial charge in [0.1, 0.15) is 0 Å². The summed E-state index contributed by atoms with van der Waals surface area (Å²) in [5.41, 5.74) is 3.11. The van der Waals surface area contributed by atoms with Crippen LogP contribution in [0.2, 0.25) is 0 Å². The molecule has 1 unspecified atom stereocenters. The summed E-state index contributed by atoms with van der Waals surface area (Å²) >= 11 is 0. The zero-order valence-electron chi connectivity index (χ0n) is 12.6. The van der Waals surface area contributed by atoms with Crippen molar-refractivity contribution >= 4 is 0 Å². The van der Waals surface area contributed by atoms with Crippen LogP contribution >= 0.6 is 0 Å². The number of likely N-dealkylation sites (tertiary alicyclic amines) is 1. The van der Waals surface area contributed by atoms with Crippen LogP contribution in [0.5, 0.6) is 0 Å². The maximum absolute atomic E-state index is 3.71. The summed E-state index contributed by atoms with van der Waals surface area (Å²) < 4.78 is 0. The molecule has 0 aromatic heterocycles. The standard InChI is InChI=1S/C18H28N2/c1-2-6-14-20(13-5-1)15-7-10-18-17-9-4-3-8-16(17)11-12-19-18/h3-4,8-9,18-19H,1-2,5-7,10-15H2. The molecule has 1 saturated heterocycles. The third-order valence-electron chi connectivity index (χ3n) is 4.88. The Morgan fingerprint density at radius 3 is 2.70 bits per heavy atom.